The second-order valence-corrected chi connectivity index (χ2v) is 8.62. The first-order valence-electron chi connectivity index (χ1n) is 11.1. The third-order valence-electron chi connectivity index (χ3n) is 4.96. The molecule has 1 amide bonds. The van der Waals surface area contributed by atoms with E-state index >= 15 is 0 Å². The summed E-state index contributed by atoms with van der Waals surface area (Å²) >= 11 is 1.34. The summed E-state index contributed by atoms with van der Waals surface area (Å²) in [4.78, 5) is 26.3. The van der Waals surface area contributed by atoms with Gasteiger partial charge in [-0.1, -0.05) is 37.3 Å². The van der Waals surface area contributed by atoms with Gasteiger partial charge in [-0.25, -0.2) is 4.79 Å². The number of carbonyl (C=O) groups is 2. The first-order valence-corrected chi connectivity index (χ1v) is 12.0. The Labute approximate surface area is 204 Å². The Morgan fingerprint density at radius 3 is 2.44 bits per heavy atom. The number of hydrogen-bond acceptors (Lipinski definition) is 6. The number of ether oxygens (including phenoxy) is 3. The van der Waals surface area contributed by atoms with E-state index in [0.717, 1.165) is 33.7 Å². The molecule has 0 saturated heterocycles. The number of benzene rings is 2. The largest absolute Gasteiger partial charge is 0.494 e. The number of hydrogen-bond donors (Lipinski definition) is 1. The minimum Gasteiger partial charge on any atom is -0.494 e. The molecule has 0 aliphatic heterocycles. The van der Waals surface area contributed by atoms with Crippen LogP contribution < -0.4 is 14.8 Å². The van der Waals surface area contributed by atoms with Gasteiger partial charge in [0.1, 0.15) is 22.1 Å². The number of nitrogens with one attached hydrogen (secondary N) is 1. The normalized spacial score (nSPS) is 10.8. The highest BCUT2D eigenvalue weighted by molar-refractivity contribution is 7.17. The molecule has 3 rings (SSSR count). The first-order chi connectivity index (χ1) is 16.5. The van der Waals surface area contributed by atoms with E-state index in [-0.39, 0.29) is 5.91 Å². The summed E-state index contributed by atoms with van der Waals surface area (Å²) in [5.41, 5.74) is 2.72. The Kier molecular flexibility index (Phi) is 8.87. The van der Waals surface area contributed by atoms with E-state index in [0.29, 0.717) is 29.5 Å². The SMILES string of the molecule is CCCOc1ccccc1C=CC(=O)Nc1sc(C)c(-c2ccc(OCC)cc2)c1C(=O)OC. The third kappa shape index (κ3) is 6.05. The van der Waals surface area contributed by atoms with Gasteiger partial charge >= 0.3 is 5.97 Å². The molecule has 6 nitrogen and oxygen atoms in total. The van der Waals surface area contributed by atoms with Gasteiger partial charge in [0.2, 0.25) is 5.91 Å². The quantitative estimate of drug-likeness (QED) is 0.271. The van der Waals surface area contributed by atoms with Crippen molar-refractivity contribution in [2.75, 3.05) is 25.6 Å². The average Bonchev–Trinajstić information content (AvgIpc) is 3.17. The number of rotatable bonds is 10. The van der Waals surface area contributed by atoms with Gasteiger partial charge in [-0.05, 0) is 50.1 Å². The molecule has 1 heterocycles. The van der Waals surface area contributed by atoms with Crippen LogP contribution in [0.1, 0.15) is 41.1 Å². The molecule has 0 spiro atoms. The number of methoxy groups -OCH3 is 1. The summed E-state index contributed by atoms with van der Waals surface area (Å²) in [6, 6.07) is 15.0. The lowest BCUT2D eigenvalue weighted by Crippen LogP contribution is -2.11. The lowest BCUT2D eigenvalue weighted by molar-refractivity contribution is -0.111. The smallest absolute Gasteiger partial charge is 0.341 e. The second kappa shape index (κ2) is 12.0. The van der Waals surface area contributed by atoms with Crippen LogP contribution in [-0.4, -0.2) is 32.2 Å². The number of amides is 1. The molecule has 7 heteroatoms. The molecule has 0 bridgehead atoms. The molecule has 0 fully saturated rings. The van der Waals surface area contributed by atoms with Crippen LogP contribution in [0.3, 0.4) is 0 Å². The third-order valence-corrected chi connectivity index (χ3v) is 5.98. The van der Waals surface area contributed by atoms with E-state index in [2.05, 4.69) is 5.32 Å². The van der Waals surface area contributed by atoms with Gasteiger partial charge in [0, 0.05) is 22.1 Å². The standard InChI is InChI=1S/C27H29NO5S/c1-5-17-33-22-10-8-7-9-19(22)13-16-23(29)28-26-25(27(30)31-4)24(18(3)34-26)20-11-14-21(15-12-20)32-6-2/h7-16H,5-6,17H2,1-4H3,(H,28,29). The fraction of sp³-hybridized carbons (Fsp3) is 0.259. The van der Waals surface area contributed by atoms with Crippen LogP contribution in [0, 0.1) is 6.92 Å². The molecule has 0 aliphatic carbocycles. The minimum atomic E-state index is -0.508. The Balaban J connectivity index is 1.87. The zero-order chi connectivity index (χ0) is 24.5. The van der Waals surface area contributed by atoms with Gasteiger partial charge in [0.05, 0.1) is 20.3 Å². The maximum atomic E-state index is 12.7. The van der Waals surface area contributed by atoms with Crippen molar-refractivity contribution in [2.24, 2.45) is 0 Å². The van der Waals surface area contributed by atoms with Crippen LogP contribution in [0.25, 0.3) is 17.2 Å². The summed E-state index contributed by atoms with van der Waals surface area (Å²) in [5.74, 6) is 0.606. The molecular weight excluding hydrogens is 450 g/mol. The Morgan fingerprint density at radius 1 is 1.03 bits per heavy atom. The van der Waals surface area contributed by atoms with Crippen LogP contribution in [0.5, 0.6) is 11.5 Å². The summed E-state index contributed by atoms with van der Waals surface area (Å²) in [5, 5.41) is 3.29. The van der Waals surface area contributed by atoms with Crippen molar-refractivity contribution in [3.63, 3.8) is 0 Å². The number of aryl methyl sites for hydroxylation is 1. The van der Waals surface area contributed by atoms with Gasteiger partial charge in [0.15, 0.2) is 0 Å². The van der Waals surface area contributed by atoms with E-state index in [1.165, 1.54) is 24.5 Å². The number of thiophene rings is 1. The van der Waals surface area contributed by atoms with Crippen molar-refractivity contribution in [1.29, 1.82) is 0 Å². The molecule has 1 aromatic heterocycles. The topological polar surface area (TPSA) is 73.9 Å². The predicted octanol–water partition coefficient (Wildman–Crippen LogP) is 6.35. The molecular formula is C27H29NO5S. The van der Waals surface area contributed by atoms with Crippen LogP contribution >= 0.6 is 11.3 Å². The Morgan fingerprint density at radius 2 is 1.76 bits per heavy atom. The number of para-hydroxylation sites is 1. The number of anilines is 1. The summed E-state index contributed by atoms with van der Waals surface area (Å²) in [6.07, 6.45) is 4.02. The van der Waals surface area contributed by atoms with Gasteiger partial charge in [-0.15, -0.1) is 11.3 Å². The molecule has 3 aromatic rings. The van der Waals surface area contributed by atoms with Crippen LogP contribution in [0.4, 0.5) is 5.00 Å². The molecule has 2 aromatic carbocycles. The van der Waals surface area contributed by atoms with Crippen LogP contribution in [0.2, 0.25) is 0 Å². The number of carbonyl (C=O) groups excluding carboxylic acids is 2. The molecule has 34 heavy (non-hydrogen) atoms. The molecule has 0 atom stereocenters. The average molecular weight is 480 g/mol. The van der Waals surface area contributed by atoms with Gasteiger partial charge in [-0.2, -0.15) is 0 Å². The fourth-order valence-corrected chi connectivity index (χ4v) is 4.51. The Hall–Kier alpha value is -3.58. The van der Waals surface area contributed by atoms with Crippen molar-refractivity contribution < 1.29 is 23.8 Å². The van der Waals surface area contributed by atoms with Crippen molar-refractivity contribution in [3.8, 4) is 22.6 Å². The van der Waals surface area contributed by atoms with Crippen LogP contribution in [-0.2, 0) is 9.53 Å². The van der Waals surface area contributed by atoms with Gasteiger partial charge < -0.3 is 19.5 Å². The van der Waals surface area contributed by atoms with E-state index < -0.39 is 5.97 Å². The van der Waals surface area contributed by atoms with Crippen LogP contribution in [0.15, 0.2) is 54.6 Å². The molecule has 178 valence electrons. The minimum absolute atomic E-state index is 0.336. The first kappa shape index (κ1) is 25.1. The fourth-order valence-electron chi connectivity index (χ4n) is 3.44. The van der Waals surface area contributed by atoms with E-state index in [1.807, 2.05) is 69.3 Å². The second-order valence-electron chi connectivity index (χ2n) is 7.40. The highest BCUT2D eigenvalue weighted by atomic mass is 32.1. The van der Waals surface area contributed by atoms with Gasteiger partial charge in [-0.3, -0.25) is 4.79 Å². The Bertz CT molecular complexity index is 1160. The summed E-state index contributed by atoms with van der Waals surface area (Å²) < 4.78 is 16.3. The lowest BCUT2D eigenvalue weighted by atomic mass is 10.0. The molecule has 0 saturated carbocycles. The highest BCUT2D eigenvalue weighted by Gasteiger charge is 2.24. The van der Waals surface area contributed by atoms with E-state index in [1.54, 1.807) is 6.08 Å². The van der Waals surface area contributed by atoms with E-state index in [4.69, 9.17) is 14.2 Å². The monoisotopic (exact) mass is 479 g/mol. The summed E-state index contributed by atoms with van der Waals surface area (Å²) in [6.45, 7) is 7.04. The van der Waals surface area contributed by atoms with Gasteiger partial charge in [0.25, 0.3) is 0 Å². The van der Waals surface area contributed by atoms with Crippen molar-refractivity contribution in [3.05, 3.63) is 70.6 Å². The highest BCUT2D eigenvalue weighted by Crippen LogP contribution is 2.40. The maximum Gasteiger partial charge on any atom is 0.341 e. The molecule has 0 unspecified atom stereocenters. The van der Waals surface area contributed by atoms with Crippen molar-refractivity contribution >= 4 is 34.3 Å². The number of esters is 1. The zero-order valence-corrected chi connectivity index (χ0v) is 20.7. The predicted molar refractivity (Wildman–Crippen MR) is 137 cm³/mol. The van der Waals surface area contributed by atoms with E-state index in [9.17, 15) is 9.59 Å². The molecule has 1 N–H and O–H groups in total. The molecule has 0 radical (unpaired) electrons. The maximum absolute atomic E-state index is 12.7. The van der Waals surface area contributed by atoms with Crippen molar-refractivity contribution in [1.82, 2.24) is 0 Å². The lowest BCUT2D eigenvalue weighted by Gasteiger charge is -2.09. The summed E-state index contributed by atoms with van der Waals surface area (Å²) in [7, 11) is 1.33. The van der Waals surface area contributed by atoms with Crippen molar-refractivity contribution in [2.45, 2.75) is 27.2 Å². The molecule has 0 aliphatic rings. The zero-order valence-electron chi connectivity index (χ0n) is 19.8.